The van der Waals surface area contributed by atoms with Gasteiger partial charge in [0.25, 0.3) is 0 Å². The molecule has 0 aromatic rings. The second kappa shape index (κ2) is 5.72. The number of nitrogens with one attached hydrogen (secondary N) is 1. The Hall–Kier alpha value is -0.0800. The van der Waals surface area contributed by atoms with E-state index in [9.17, 15) is 0 Å². The first kappa shape index (κ1) is 12.0. The fourth-order valence-corrected chi connectivity index (χ4v) is 2.30. The van der Waals surface area contributed by atoms with E-state index in [4.69, 9.17) is 4.74 Å². The average molecular weight is 199 g/mol. The Morgan fingerprint density at radius 2 is 2.21 bits per heavy atom. The van der Waals surface area contributed by atoms with E-state index in [1.54, 1.807) is 0 Å². The monoisotopic (exact) mass is 199 g/mol. The molecule has 0 saturated carbocycles. The molecule has 1 rings (SSSR count). The highest BCUT2D eigenvalue weighted by atomic mass is 16.5. The summed E-state index contributed by atoms with van der Waals surface area (Å²) in [4.78, 5) is 0. The first-order chi connectivity index (χ1) is 6.70. The minimum Gasteiger partial charge on any atom is -0.375 e. The lowest BCUT2D eigenvalue weighted by molar-refractivity contribution is -0.0811. The third-order valence-electron chi connectivity index (χ3n) is 3.31. The van der Waals surface area contributed by atoms with Crippen molar-refractivity contribution in [1.82, 2.24) is 5.32 Å². The van der Waals surface area contributed by atoms with Crippen molar-refractivity contribution in [1.29, 1.82) is 0 Å². The molecule has 14 heavy (non-hydrogen) atoms. The molecule has 2 nitrogen and oxygen atoms in total. The molecule has 0 amide bonds. The van der Waals surface area contributed by atoms with Gasteiger partial charge in [0.05, 0.1) is 5.60 Å². The van der Waals surface area contributed by atoms with E-state index in [0.29, 0.717) is 6.04 Å². The smallest absolute Gasteiger partial charge is 0.0669 e. The van der Waals surface area contributed by atoms with Gasteiger partial charge in [-0.2, -0.15) is 0 Å². The minimum atomic E-state index is 0.140. The second-order valence-corrected chi connectivity index (χ2v) is 4.73. The van der Waals surface area contributed by atoms with E-state index in [1.807, 2.05) is 0 Å². The molecular formula is C12H25NO. The lowest BCUT2D eigenvalue weighted by atomic mass is 9.87. The van der Waals surface area contributed by atoms with Crippen LogP contribution in [0.1, 0.15) is 52.4 Å². The largest absolute Gasteiger partial charge is 0.375 e. The van der Waals surface area contributed by atoms with Gasteiger partial charge in [-0.3, -0.25) is 0 Å². The van der Waals surface area contributed by atoms with Crippen LogP contribution < -0.4 is 5.32 Å². The Bertz CT molecular complexity index is 160. The summed E-state index contributed by atoms with van der Waals surface area (Å²) in [6.07, 6.45) is 7.50. The zero-order valence-corrected chi connectivity index (χ0v) is 9.94. The van der Waals surface area contributed by atoms with Crippen molar-refractivity contribution in [3.8, 4) is 0 Å². The highest BCUT2D eigenvalue weighted by Crippen LogP contribution is 2.29. The summed E-state index contributed by atoms with van der Waals surface area (Å²) < 4.78 is 5.90. The summed E-state index contributed by atoms with van der Waals surface area (Å²) >= 11 is 0. The van der Waals surface area contributed by atoms with Crippen molar-refractivity contribution >= 4 is 0 Å². The Kier molecular flexibility index (Phi) is 4.90. The molecule has 1 saturated heterocycles. The molecule has 1 aliphatic heterocycles. The summed E-state index contributed by atoms with van der Waals surface area (Å²) in [7, 11) is 2.06. The number of rotatable bonds is 5. The van der Waals surface area contributed by atoms with Crippen LogP contribution in [-0.4, -0.2) is 25.3 Å². The summed E-state index contributed by atoms with van der Waals surface area (Å²) in [6.45, 7) is 5.45. The van der Waals surface area contributed by atoms with Gasteiger partial charge in [0.15, 0.2) is 0 Å². The van der Waals surface area contributed by atoms with E-state index >= 15 is 0 Å². The quantitative estimate of drug-likeness (QED) is 0.687. The summed E-state index contributed by atoms with van der Waals surface area (Å²) in [5, 5.41) is 3.37. The highest BCUT2D eigenvalue weighted by Gasteiger charge is 2.31. The van der Waals surface area contributed by atoms with Gasteiger partial charge in [0.1, 0.15) is 0 Å². The van der Waals surface area contributed by atoms with Crippen molar-refractivity contribution in [3.63, 3.8) is 0 Å². The molecule has 1 N–H and O–H groups in total. The average Bonchev–Trinajstić information content (AvgIpc) is 2.18. The molecule has 0 aromatic carbocycles. The van der Waals surface area contributed by atoms with Crippen LogP contribution in [0, 0.1) is 0 Å². The van der Waals surface area contributed by atoms with E-state index in [0.717, 1.165) is 6.61 Å². The Morgan fingerprint density at radius 1 is 1.43 bits per heavy atom. The molecule has 0 aliphatic carbocycles. The number of unbranched alkanes of at least 4 members (excludes halogenated alkanes) is 2. The van der Waals surface area contributed by atoms with Gasteiger partial charge in [-0.25, -0.2) is 0 Å². The third kappa shape index (κ3) is 3.58. The van der Waals surface area contributed by atoms with Crippen LogP contribution in [0.5, 0.6) is 0 Å². The molecule has 0 bridgehead atoms. The summed E-state index contributed by atoms with van der Waals surface area (Å²) in [5.41, 5.74) is 0.140. The van der Waals surface area contributed by atoms with Crippen molar-refractivity contribution in [2.24, 2.45) is 0 Å². The van der Waals surface area contributed by atoms with E-state index in [-0.39, 0.29) is 5.60 Å². The van der Waals surface area contributed by atoms with E-state index < -0.39 is 0 Å². The molecule has 2 heteroatoms. The third-order valence-corrected chi connectivity index (χ3v) is 3.31. The zero-order chi connectivity index (χ0) is 10.4. The molecular weight excluding hydrogens is 174 g/mol. The van der Waals surface area contributed by atoms with Gasteiger partial charge < -0.3 is 10.1 Å². The van der Waals surface area contributed by atoms with Crippen molar-refractivity contribution in [2.45, 2.75) is 64.0 Å². The van der Waals surface area contributed by atoms with Crippen LogP contribution in [0.3, 0.4) is 0 Å². The van der Waals surface area contributed by atoms with Crippen LogP contribution in [0.4, 0.5) is 0 Å². The van der Waals surface area contributed by atoms with Crippen LogP contribution in [0.25, 0.3) is 0 Å². The van der Waals surface area contributed by atoms with Gasteiger partial charge >= 0.3 is 0 Å². The zero-order valence-electron chi connectivity index (χ0n) is 9.94. The number of hydrogen-bond donors (Lipinski definition) is 1. The number of hydrogen-bond acceptors (Lipinski definition) is 2. The predicted octanol–water partition coefficient (Wildman–Crippen LogP) is 2.72. The first-order valence-electron chi connectivity index (χ1n) is 6.01. The predicted molar refractivity (Wildman–Crippen MR) is 60.6 cm³/mol. The lowest BCUT2D eigenvalue weighted by Gasteiger charge is -2.38. The minimum absolute atomic E-state index is 0.140. The van der Waals surface area contributed by atoms with Crippen LogP contribution in [0.2, 0.25) is 0 Å². The molecule has 84 valence electrons. The van der Waals surface area contributed by atoms with Crippen molar-refractivity contribution < 1.29 is 4.74 Å². The fourth-order valence-electron chi connectivity index (χ4n) is 2.30. The molecule has 0 radical (unpaired) electrons. The van der Waals surface area contributed by atoms with Crippen LogP contribution in [-0.2, 0) is 4.74 Å². The topological polar surface area (TPSA) is 21.3 Å². The van der Waals surface area contributed by atoms with Gasteiger partial charge in [-0.15, -0.1) is 0 Å². The molecule has 2 atom stereocenters. The lowest BCUT2D eigenvalue weighted by Crippen LogP contribution is -2.44. The van der Waals surface area contributed by atoms with Gasteiger partial charge in [0, 0.05) is 12.6 Å². The van der Waals surface area contributed by atoms with Crippen LogP contribution in [0.15, 0.2) is 0 Å². The molecule has 1 heterocycles. The Morgan fingerprint density at radius 3 is 2.86 bits per heavy atom. The molecule has 0 aromatic heterocycles. The summed E-state index contributed by atoms with van der Waals surface area (Å²) in [5.74, 6) is 0. The van der Waals surface area contributed by atoms with Gasteiger partial charge in [-0.05, 0) is 33.2 Å². The standard InChI is InChI=1S/C12H25NO/c1-4-5-6-8-12(2)10-11(13-3)7-9-14-12/h11,13H,4-10H2,1-3H3. The molecule has 1 fully saturated rings. The Balaban J connectivity index is 2.31. The van der Waals surface area contributed by atoms with Crippen molar-refractivity contribution in [2.75, 3.05) is 13.7 Å². The number of ether oxygens (including phenoxy) is 1. The first-order valence-corrected chi connectivity index (χ1v) is 6.01. The molecule has 0 spiro atoms. The summed E-state index contributed by atoms with van der Waals surface area (Å²) in [6, 6.07) is 0.662. The molecule has 2 unspecified atom stereocenters. The fraction of sp³-hybridized carbons (Fsp3) is 1.00. The van der Waals surface area contributed by atoms with E-state index in [2.05, 4.69) is 26.2 Å². The maximum absolute atomic E-state index is 5.90. The van der Waals surface area contributed by atoms with Gasteiger partial charge in [0.2, 0.25) is 0 Å². The normalized spacial score (nSPS) is 33.2. The Labute approximate surface area is 88.4 Å². The second-order valence-electron chi connectivity index (χ2n) is 4.73. The maximum atomic E-state index is 5.90. The van der Waals surface area contributed by atoms with Crippen LogP contribution >= 0.6 is 0 Å². The SMILES string of the molecule is CCCCCC1(C)CC(NC)CCO1. The van der Waals surface area contributed by atoms with Crippen molar-refractivity contribution in [3.05, 3.63) is 0 Å². The maximum Gasteiger partial charge on any atom is 0.0669 e. The highest BCUT2D eigenvalue weighted by molar-refractivity contribution is 4.85. The van der Waals surface area contributed by atoms with Gasteiger partial charge in [-0.1, -0.05) is 26.2 Å². The molecule has 1 aliphatic rings. The van der Waals surface area contributed by atoms with E-state index in [1.165, 1.54) is 38.5 Å².